The molecule has 0 saturated carbocycles. The molecule has 0 bridgehead atoms. The topological polar surface area (TPSA) is 96.0 Å². The Morgan fingerprint density at radius 3 is 2.20 bits per heavy atom. The number of methoxy groups -OCH3 is 1. The lowest BCUT2D eigenvalue weighted by Crippen LogP contribution is -2.46. The third kappa shape index (κ3) is 4.56. The number of hydrogen-bond donors (Lipinski definition) is 1. The van der Waals surface area contributed by atoms with Crippen molar-refractivity contribution in [1.29, 1.82) is 0 Å². The number of carbonyl (C=O) groups excluding carboxylic acids is 2. The van der Waals surface area contributed by atoms with E-state index in [1.165, 1.54) is 29.8 Å². The van der Waals surface area contributed by atoms with Crippen molar-refractivity contribution in [1.82, 2.24) is 8.61 Å². The van der Waals surface area contributed by atoms with Crippen LogP contribution in [-0.2, 0) is 19.7 Å². The summed E-state index contributed by atoms with van der Waals surface area (Å²) >= 11 is 0. The predicted octanol–water partition coefficient (Wildman–Crippen LogP) is 0.930. The van der Waals surface area contributed by atoms with Crippen molar-refractivity contribution in [2.75, 3.05) is 39.6 Å². The van der Waals surface area contributed by atoms with E-state index >= 15 is 0 Å². The zero-order valence-corrected chi connectivity index (χ0v) is 15.4. The zero-order valence-electron chi connectivity index (χ0n) is 14.6. The standard InChI is InChI=1S/C16H23N3O5S/c1-18(2)25(22,23)19-10-8-12(9-11-19)15(20)17-14-6-4-13(5-7-14)16(21)24-3/h4-7,12H,8-11H2,1-3H3,(H,17,20). The lowest BCUT2D eigenvalue weighted by Gasteiger charge is -2.32. The third-order valence-electron chi connectivity index (χ3n) is 4.19. The van der Waals surface area contributed by atoms with Crippen LogP contribution in [0.15, 0.2) is 24.3 Å². The molecule has 0 spiro atoms. The van der Waals surface area contributed by atoms with Crippen LogP contribution in [0.2, 0.25) is 0 Å². The number of anilines is 1. The molecule has 2 rings (SSSR count). The Labute approximate surface area is 147 Å². The molecule has 1 aromatic carbocycles. The fourth-order valence-electron chi connectivity index (χ4n) is 2.63. The van der Waals surface area contributed by atoms with E-state index in [0.29, 0.717) is 37.2 Å². The summed E-state index contributed by atoms with van der Waals surface area (Å²) < 4.78 is 31.3. The van der Waals surface area contributed by atoms with Gasteiger partial charge in [-0.2, -0.15) is 17.0 Å². The molecular formula is C16H23N3O5S. The van der Waals surface area contributed by atoms with Gasteiger partial charge in [-0.25, -0.2) is 4.79 Å². The highest BCUT2D eigenvalue weighted by atomic mass is 32.2. The Hall–Kier alpha value is -1.97. The zero-order chi connectivity index (χ0) is 18.6. The van der Waals surface area contributed by atoms with Gasteiger partial charge >= 0.3 is 5.97 Å². The van der Waals surface area contributed by atoms with Crippen LogP contribution in [0.5, 0.6) is 0 Å². The lowest BCUT2D eigenvalue weighted by molar-refractivity contribution is -0.120. The number of hydrogen-bond acceptors (Lipinski definition) is 5. The molecule has 1 N–H and O–H groups in total. The second-order valence-electron chi connectivity index (χ2n) is 6.02. The van der Waals surface area contributed by atoms with E-state index in [9.17, 15) is 18.0 Å². The Morgan fingerprint density at radius 1 is 1.16 bits per heavy atom. The molecule has 9 heteroatoms. The molecule has 25 heavy (non-hydrogen) atoms. The number of nitrogens with zero attached hydrogens (tertiary/aromatic N) is 2. The minimum atomic E-state index is -3.43. The molecule has 138 valence electrons. The molecule has 1 aliphatic rings. The van der Waals surface area contributed by atoms with Crippen LogP contribution in [0.3, 0.4) is 0 Å². The van der Waals surface area contributed by atoms with Crippen molar-refractivity contribution in [3.8, 4) is 0 Å². The second kappa shape index (κ2) is 7.94. The maximum atomic E-state index is 12.4. The normalized spacial score (nSPS) is 16.6. The first-order valence-electron chi connectivity index (χ1n) is 7.92. The smallest absolute Gasteiger partial charge is 0.337 e. The van der Waals surface area contributed by atoms with Crippen LogP contribution in [0.1, 0.15) is 23.2 Å². The summed E-state index contributed by atoms with van der Waals surface area (Å²) in [5.74, 6) is -0.825. The van der Waals surface area contributed by atoms with E-state index in [4.69, 9.17) is 0 Å². The molecule has 1 aromatic rings. The van der Waals surface area contributed by atoms with Crippen molar-refractivity contribution < 1.29 is 22.7 Å². The number of ether oxygens (including phenoxy) is 1. The van der Waals surface area contributed by atoms with E-state index in [-0.39, 0.29) is 11.8 Å². The first-order chi connectivity index (χ1) is 11.8. The highest BCUT2D eigenvalue weighted by Gasteiger charge is 2.32. The molecule has 0 unspecified atom stereocenters. The predicted molar refractivity (Wildman–Crippen MR) is 93.3 cm³/mol. The minimum Gasteiger partial charge on any atom is -0.465 e. The molecule has 8 nitrogen and oxygen atoms in total. The van der Waals surface area contributed by atoms with Crippen molar-refractivity contribution >= 4 is 27.8 Å². The summed E-state index contributed by atoms with van der Waals surface area (Å²) in [7, 11) is 0.859. The van der Waals surface area contributed by atoms with Gasteiger partial charge in [0.05, 0.1) is 12.7 Å². The van der Waals surface area contributed by atoms with Crippen molar-refractivity contribution in [3.63, 3.8) is 0 Å². The Bertz CT molecular complexity index is 723. The van der Waals surface area contributed by atoms with E-state index in [1.54, 1.807) is 24.3 Å². The molecule has 0 aromatic heterocycles. The number of piperidine rings is 1. The summed E-state index contributed by atoms with van der Waals surface area (Å²) in [4.78, 5) is 23.7. The van der Waals surface area contributed by atoms with E-state index in [1.807, 2.05) is 0 Å². The van der Waals surface area contributed by atoms with Crippen LogP contribution in [0, 0.1) is 5.92 Å². The third-order valence-corrected chi connectivity index (χ3v) is 6.13. The lowest BCUT2D eigenvalue weighted by atomic mass is 9.97. The van der Waals surface area contributed by atoms with Crippen molar-refractivity contribution in [3.05, 3.63) is 29.8 Å². The molecular weight excluding hydrogens is 346 g/mol. The number of rotatable bonds is 5. The first-order valence-corrected chi connectivity index (χ1v) is 9.32. The van der Waals surface area contributed by atoms with Gasteiger partial charge in [0.15, 0.2) is 0 Å². The van der Waals surface area contributed by atoms with Crippen LogP contribution in [0.4, 0.5) is 5.69 Å². The average Bonchev–Trinajstić information content (AvgIpc) is 2.61. The van der Waals surface area contributed by atoms with Crippen LogP contribution < -0.4 is 5.32 Å². The number of amides is 1. The summed E-state index contributed by atoms with van der Waals surface area (Å²) in [5, 5.41) is 2.80. The molecule has 1 aliphatic heterocycles. The van der Waals surface area contributed by atoms with E-state index < -0.39 is 16.2 Å². The van der Waals surface area contributed by atoms with Gasteiger partial charge in [-0.05, 0) is 37.1 Å². The van der Waals surface area contributed by atoms with Crippen LogP contribution >= 0.6 is 0 Å². The van der Waals surface area contributed by atoms with Crippen LogP contribution in [0.25, 0.3) is 0 Å². The average molecular weight is 369 g/mol. The van der Waals surface area contributed by atoms with Gasteiger partial charge in [0.1, 0.15) is 0 Å². The first kappa shape index (κ1) is 19.4. The maximum Gasteiger partial charge on any atom is 0.337 e. The molecule has 0 aliphatic carbocycles. The molecule has 0 radical (unpaired) electrons. The second-order valence-corrected chi connectivity index (χ2v) is 8.16. The quantitative estimate of drug-likeness (QED) is 0.779. The Balaban J connectivity index is 1.92. The van der Waals surface area contributed by atoms with Gasteiger partial charge in [0.2, 0.25) is 5.91 Å². The summed E-state index contributed by atoms with van der Waals surface area (Å²) in [6, 6.07) is 6.42. The van der Waals surface area contributed by atoms with Gasteiger partial charge in [0.25, 0.3) is 10.2 Å². The molecule has 1 amide bonds. The minimum absolute atomic E-state index is 0.146. The van der Waals surface area contributed by atoms with E-state index in [0.717, 1.165) is 0 Å². The van der Waals surface area contributed by atoms with Crippen molar-refractivity contribution in [2.24, 2.45) is 5.92 Å². The van der Waals surface area contributed by atoms with Gasteiger partial charge in [-0.3, -0.25) is 4.79 Å². The van der Waals surface area contributed by atoms with Gasteiger partial charge in [-0.1, -0.05) is 0 Å². The fraction of sp³-hybridized carbons (Fsp3) is 0.500. The fourth-order valence-corrected chi connectivity index (χ4v) is 3.77. The highest BCUT2D eigenvalue weighted by Crippen LogP contribution is 2.22. The number of nitrogens with one attached hydrogen (secondary N) is 1. The van der Waals surface area contributed by atoms with Crippen molar-refractivity contribution in [2.45, 2.75) is 12.8 Å². The summed E-state index contributed by atoms with van der Waals surface area (Å²) in [6.07, 6.45) is 0.943. The maximum absolute atomic E-state index is 12.4. The summed E-state index contributed by atoms with van der Waals surface area (Å²) in [6.45, 7) is 0.639. The molecule has 1 heterocycles. The summed E-state index contributed by atoms with van der Waals surface area (Å²) in [5.41, 5.74) is 0.990. The molecule has 0 atom stereocenters. The van der Waals surface area contributed by atoms with Crippen LogP contribution in [-0.4, -0.2) is 63.2 Å². The highest BCUT2D eigenvalue weighted by molar-refractivity contribution is 7.86. The number of benzene rings is 1. The largest absolute Gasteiger partial charge is 0.465 e. The Kier molecular flexibility index (Phi) is 6.15. The Morgan fingerprint density at radius 2 is 1.72 bits per heavy atom. The SMILES string of the molecule is COC(=O)c1ccc(NC(=O)C2CCN(S(=O)(=O)N(C)C)CC2)cc1. The number of carbonyl (C=O) groups is 2. The van der Waals surface area contributed by atoms with Gasteiger partial charge in [-0.15, -0.1) is 0 Å². The van der Waals surface area contributed by atoms with E-state index in [2.05, 4.69) is 10.1 Å². The van der Waals surface area contributed by atoms with Gasteiger partial charge < -0.3 is 10.1 Å². The molecule has 1 fully saturated rings. The van der Waals surface area contributed by atoms with Gasteiger partial charge in [0, 0.05) is 38.8 Å². The monoisotopic (exact) mass is 369 g/mol. The molecule has 1 saturated heterocycles. The number of esters is 1.